The maximum atomic E-state index is 13.2. The number of rotatable bonds is 10. The Labute approximate surface area is 234 Å². The lowest BCUT2D eigenvalue weighted by atomic mass is 9.59. The number of carbonyl (C=O) groups is 4. The van der Waals surface area contributed by atoms with Crippen molar-refractivity contribution < 1.29 is 49.1 Å². The normalized spacial score (nSPS) is 39.1. The van der Waals surface area contributed by atoms with E-state index in [4.69, 9.17) is 14.6 Å². The van der Waals surface area contributed by atoms with Crippen LogP contribution in [0, 0.1) is 29.1 Å². The van der Waals surface area contributed by atoms with Crippen molar-refractivity contribution in [1.29, 1.82) is 0 Å². The Kier molecular flexibility index (Phi) is 7.88. The van der Waals surface area contributed by atoms with Crippen molar-refractivity contribution in [3.05, 3.63) is 23.3 Å². The van der Waals surface area contributed by atoms with E-state index in [9.17, 15) is 34.5 Å². The van der Waals surface area contributed by atoms with Gasteiger partial charge in [-0.25, -0.2) is 0 Å². The molecule has 0 aromatic rings. The molecule has 2 fully saturated rings. The van der Waals surface area contributed by atoms with Crippen molar-refractivity contribution in [2.75, 3.05) is 6.61 Å². The number of carboxylic acids is 1. The highest BCUT2D eigenvalue weighted by molar-refractivity contribution is 6.04. The first-order chi connectivity index (χ1) is 18.6. The van der Waals surface area contributed by atoms with Crippen LogP contribution in [0.2, 0.25) is 0 Å². The number of aliphatic hydroxyl groups excluding tert-OH is 1. The zero-order valence-corrected chi connectivity index (χ0v) is 23.9. The van der Waals surface area contributed by atoms with Crippen LogP contribution in [-0.4, -0.2) is 73.6 Å². The second-order valence-electron chi connectivity index (χ2n) is 12.7. The minimum Gasteiger partial charge on any atom is -0.481 e. The number of ketones is 1. The fourth-order valence-electron chi connectivity index (χ4n) is 8.16. The number of ether oxygens (including phenoxy) is 2. The molecule has 4 N–H and O–H groups in total. The van der Waals surface area contributed by atoms with E-state index in [-0.39, 0.29) is 19.3 Å². The predicted octanol–water partition coefficient (Wildman–Crippen LogP) is 2.48. The molecule has 4 rings (SSSR count). The van der Waals surface area contributed by atoms with Crippen LogP contribution in [-0.2, 0) is 28.7 Å². The number of aliphatic hydroxyl groups is 3. The van der Waals surface area contributed by atoms with Gasteiger partial charge in [0.2, 0.25) is 0 Å². The zero-order chi connectivity index (χ0) is 29.8. The number of carbonyl (C=O) groups excluding carboxylic acids is 3. The Morgan fingerprint density at radius 3 is 2.25 bits per heavy atom. The summed E-state index contributed by atoms with van der Waals surface area (Å²) in [4.78, 5) is 49.4. The number of hydrogen-bond donors (Lipinski definition) is 4. The molecular weight excluding hydrogens is 520 g/mol. The molecule has 222 valence electrons. The van der Waals surface area contributed by atoms with Gasteiger partial charge in [0.25, 0.3) is 0 Å². The van der Waals surface area contributed by atoms with Crippen LogP contribution in [0.5, 0.6) is 0 Å². The molecule has 0 aromatic carbocycles. The number of carboxylic acid groups (broad SMARTS) is 1. The maximum absolute atomic E-state index is 13.2. The van der Waals surface area contributed by atoms with Crippen LogP contribution in [0.3, 0.4) is 0 Å². The standard InChI is InChI=1S/C30H42O10/c1-16-12-21-28(37,25(16)36)14-19(15-31)13-20-24-27(4,5)30(24,40-18(3)32)26(17(2)29(20,21)38)39-23(35)11-9-7-6-8-10-22(33)34/h12-13,17,20-21,24,26,31,37-38H,6-11,14-15H2,1-5H3,(H,33,34)/t17-,20+,21-,24-,26-,28-,29-,30-/m1/s1. The first-order valence-corrected chi connectivity index (χ1v) is 14.2. The summed E-state index contributed by atoms with van der Waals surface area (Å²) in [5, 5.41) is 43.3. The van der Waals surface area contributed by atoms with Crippen molar-refractivity contribution in [2.24, 2.45) is 29.1 Å². The molecule has 4 aliphatic carbocycles. The molecule has 0 unspecified atom stereocenters. The number of esters is 2. The fourth-order valence-corrected chi connectivity index (χ4v) is 8.16. The Bertz CT molecular complexity index is 1150. The molecule has 0 spiro atoms. The Morgan fingerprint density at radius 1 is 1.05 bits per heavy atom. The summed E-state index contributed by atoms with van der Waals surface area (Å²) in [5.41, 5.74) is -5.01. The third-order valence-corrected chi connectivity index (χ3v) is 10.1. The topological polar surface area (TPSA) is 168 Å². The van der Waals surface area contributed by atoms with Gasteiger partial charge >= 0.3 is 17.9 Å². The minimum atomic E-state index is -1.97. The molecule has 0 saturated heterocycles. The monoisotopic (exact) mass is 562 g/mol. The van der Waals surface area contributed by atoms with E-state index in [1.165, 1.54) is 6.92 Å². The van der Waals surface area contributed by atoms with E-state index in [0.717, 1.165) is 0 Å². The molecule has 4 aliphatic rings. The quantitative estimate of drug-likeness (QED) is 0.176. The largest absolute Gasteiger partial charge is 0.481 e. The number of fused-ring (bicyclic) bond motifs is 5. The van der Waals surface area contributed by atoms with Gasteiger partial charge in [0.15, 0.2) is 11.4 Å². The number of Topliss-reactive ketones (excluding diaryl/α,β-unsaturated/α-hetero) is 1. The highest BCUT2D eigenvalue weighted by Gasteiger charge is 2.87. The van der Waals surface area contributed by atoms with Crippen LogP contribution < -0.4 is 0 Å². The molecule has 0 aromatic heterocycles. The molecule has 0 heterocycles. The van der Waals surface area contributed by atoms with E-state index >= 15 is 0 Å². The lowest BCUT2D eigenvalue weighted by Crippen LogP contribution is -2.66. The average Bonchev–Trinajstić information content (AvgIpc) is 3.28. The van der Waals surface area contributed by atoms with Crippen LogP contribution in [0.15, 0.2) is 23.3 Å². The minimum absolute atomic E-state index is 0.0683. The molecule has 0 amide bonds. The summed E-state index contributed by atoms with van der Waals surface area (Å²) in [5.74, 6) is -5.60. The molecule has 0 aliphatic heterocycles. The summed E-state index contributed by atoms with van der Waals surface area (Å²) in [6.07, 6.45) is 4.55. The second-order valence-corrected chi connectivity index (χ2v) is 12.7. The van der Waals surface area contributed by atoms with E-state index in [2.05, 4.69) is 0 Å². The van der Waals surface area contributed by atoms with Gasteiger partial charge in [-0.3, -0.25) is 19.2 Å². The van der Waals surface area contributed by atoms with E-state index in [1.54, 1.807) is 26.0 Å². The lowest BCUT2D eigenvalue weighted by molar-refractivity contribution is -0.228. The van der Waals surface area contributed by atoms with Gasteiger partial charge in [-0.15, -0.1) is 0 Å². The van der Waals surface area contributed by atoms with Gasteiger partial charge in [0.05, 0.1) is 12.2 Å². The Balaban J connectivity index is 1.70. The molecule has 40 heavy (non-hydrogen) atoms. The first kappa shape index (κ1) is 30.4. The van der Waals surface area contributed by atoms with E-state index in [0.29, 0.717) is 36.8 Å². The van der Waals surface area contributed by atoms with Crippen molar-refractivity contribution in [3.8, 4) is 0 Å². The van der Waals surface area contributed by atoms with Gasteiger partial charge in [-0.2, -0.15) is 0 Å². The molecule has 0 bridgehead atoms. The maximum Gasteiger partial charge on any atom is 0.306 e. The number of hydrogen-bond acceptors (Lipinski definition) is 9. The van der Waals surface area contributed by atoms with Crippen molar-refractivity contribution in [1.82, 2.24) is 0 Å². The van der Waals surface area contributed by atoms with Crippen LogP contribution in [0.1, 0.15) is 79.6 Å². The summed E-state index contributed by atoms with van der Waals surface area (Å²) >= 11 is 0. The fraction of sp³-hybridized carbons (Fsp3) is 0.733. The SMILES string of the molecule is CC(=O)O[C@@]12[C@H](OC(=O)CCCCCCC(=O)O)[C@@H](C)[C@@]3(O)[C@@H](C=C(CO)C[C@]4(O)C(=O)C(C)=C[C@@H]34)[C@@H]1C2(C)C. The van der Waals surface area contributed by atoms with Gasteiger partial charge < -0.3 is 29.9 Å². The number of unbranched alkanes of at least 4 members (excludes halogenated alkanes) is 3. The van der Waals surface area contributed by atoms with Gasteiger partial charge in [-0.05, 0) is 30.9 Å². The summed E-state index contributed by atoms with van der Waals surface area (Å²) in [7, 11) is 0. The second kappa shape index (κ2) is 10.4. The first-order valence-electron chi connectivity index (χ1n) is 14.2. The molecule has 10 heteroatoms. The number of aliphatic carboxylic acids is 1. The summed E-state index contributed by atoms with van der Waals surface area (Å²) in [6, 6.07) is 0. The molecule has 2 saturated carbocycles. The highest BCUT2D eigenvalue weighted by atomic mass is 16.6. The Hall–Kier alpha value is -2.56. The van der Waals surface area contributed by atoms with Crippen molar-refractivity contribution >= 4 is 23.7 Å². The van der Waals surface area contributed by atoms with E-state index in [1.807, 2.05) is 13.8 Å². The van der Waals surface area contributed by atoms with Gasteiger partial charge in [0.1, 0.15) is 11.7 Å². The van der Waals surface area contributed by atoms with Gasteiger partial charge in [0, 0.05) is 55.3 Å². The summed E-state index contributed by atoms with van der Waals surface area (Å²) < 4.78 is 12.1. The molecule has 10 nitrogen and oxygen atoms in total. The average molecular weight is 563 g/mol. The Morgan fingerprint density at radius 2 is 1.68 bits per heavy atom. The highest BCUT2D eigenvalue weighted by Crippen LogP contribution is 2.77. The van der Waals surface area contributed by atoms with Crippen LogP contribution in [0.25, 0.3) is 0 Å². The van der Waals surface area contributed by atoms with Crippen LogP contribution in [0.4, 0.5) is 0 Å². The molecule has 8 atom stereocenters. The van der Waals surface area contributed by atoms with Crippen molar-refractivity contribution in [3.63, 3.8) is 0 Å². The lowest BCUT2D eigenvalue weighted by Gasteiger charge is -2.53. The predicted molar refractivity (Wildman–Crippen MR) is 142 cm³/mol. The zero-order valence-electron chi connectivity index (χ0n) is 23.9. The smallest absolute Gasteiger partial charge is 0.306 e. The third-order valence-electron chi connectivity index (χ3n) is 10.1. The van der Waals surface area contributed by atoms with Gasteiger partial charge in [-0.1, -0.05) is 45.8 Å². The third kappa shape index (κ3) is 4.43. The molecule has 0 radical (unpaired) electrons. The van der Waals surface area contributed by atoms with Crippen LogP contribution >= 0.6 is 0 Å². The van der Waals surface area contributed by atoms with E-state index < -0.39 is 82.3 Å². The molecular formula is C30H42O10. The van der Waals surface area contributed by atoms with Crippen molar-refractivity contribution in [2.45, 2.75) is 102 Å². The summed E-state index contributed by atoms with van der Waals surface area (Å²) in [6.45, 7) is 7.91.